The first kappa shape index (κ1) is 26.1. The van der Waals surface area contributed by atoms with Crippen molar-refractivity contribution in [1.29, 1.82) is 0 Å². The minimum Gasteiger partial charge on any atom is -0.456 e. The van der Waals surface area contributed by atoms with Crippen molar-refractivity contribution < 1.29 is 4.42 Å². The molecule has 0 bridgehead atoms. The van der Waals surface area contributed by atoms with Crippen LogP contribution in [0.5, 0.6) is 0 Å². The smallest absolute Gasteiger partial charge is 0.135 e. The van der Waals surface area contributed by atoms with Gasteiger partial charge in [-0.25, -0.2) is 0 Å². The molecule has 0 amide bonds. The average molecular weight is 615 g/mol. The molecule has 1 atom stereocenters. The summed E-state index contributed by atoms with van der Waals surface area (Å²) in [6.45, 7) is 2.32. The van der Waals surface area contributed by atoms with Crippen molar-refractivity contribution in [2.75, 3.05) is 0 Å². The van der Waals surface area contributed by atoms with E-state index in [1.165, 1.54) is 71.6 Å². The SMILES string of the molecule is CCC1c2ccccc2-n2c3ccccc3c3cc(-c4ccc5oc6ccc(-n7c8ccccc8c8ccccc87)cc6c5c4)cc1c32. The van der Waals surface area contributed by atoms with Crippen molar-refractivity contribution in [3.05, 3.63) is 157 Å². The molecule has 1 aliphatic heterocycles. The fourth-order valence-electron chi connectivity index (χ4n) is 8.69. The summed E-state index contributed by atoms with van der Waals surface area (Å²) in [7, 11) is 0. The van der Waals surface area contributed by atoms with Gasteiger partial charge < -0.3 is 13.6 Å². The van der Waals surface area contributed by atoms with E-state index in [0.717, 1.165) is 34.0 Å². The molecule has 10 aromatic rings. The second-order valence-electron chi connectivity index (χ2n) is 13.2. The molecule has 7 aromatic carbocycles. The van der Waals surface area contributed by atoms with Gasteiger partial charge in [-0.2, -0.15) is 0 Å². The third kappa shape index (κ3) is 3.38. The molecule has 0 N–H and O–H groups in total. The fraction of sp³-hybridized carbons (Fsp3) is 0.0667. The number of para-hydroxylation sites is 4. The number of furan rings is 1. The molecule has 1 unspecified atom stereocenters. The molecule has 48 heavy (non-hydrogen) atoms. The summed E-state index contributed by atoms with van der Waals surface area (Å²) in [6.07, 6.45) is 1.05. The highest BCUT2D eigenvalue weighted by molar-refractivity contribution is 6.14. The number of fused-ring (bicyclic) bond motifs is 11. The molecule has 226 valence electrons. The number of aromatic nitrogens is 2. The number of hydrogen-bond donors (Lipinski definition) is 0. The van der Waals surface area contributed by atoms with Crippen LogP contribution in [0.3, 0.4) is 0 Å². The predicted octanol–water partition coefficient (Wildman–Crippen LogP) is 12.3. The topological polar surface area (TPSA) is 23.0 Å². The Morgan fingerprint density at radius 3 is 1.79 bits per heavy atom. The van der Waals surface area contributed by atoms with Crippen molar-refractivity contribution in [1.82, 2.24) is 9.13 Å². The second-order valence-corrected chi connectivity index (χ2v) is 13.2. The van der Waals surface area contributed by atoms with E-state index in [2.05, 4.69) is 162 Å². The summed E-state index contributed by atoms with van der Waals surface area (Å²) >= 11 is 0. The van der Waals surface area contributed by atoms with E-state index >= 15 is 0 Å². The fourth-order valence-corrected chi connectivity index (χ4v) is 8.69. The second kappa shape index (κ2) is 9.49. The van der Waals surface area contributed by atoms with Crippen LogP contribution in [0.4, 0.5) is 0 Å². The maximum Gasteiger partial charge on any atom is 0.135 e. The minimum absolute atomic E-state index is 0.340. The van der Waals surface area contributed by atoms with E-state index in [4.69, 9.17) is 4.42 Å². The van der Waals surface area contributed by atoms with Crippen LogP contribution in [0, 0.1) is 0 Å². The molecular formula is C45H30N2O. The third-order valence-electron chi connectivity index (χ3n) is 10.8. The summed E-state index contributed by atoms with van der Waals surface area (Å²) in [4.78, 5) is 0. The quantitative estimate of drug-likeness (QED) is 0.194. The zero-order chi connectivity index (χ0) is 31.5. The maximum absolute atomic E-state index is 6.44. The molecule has 0 fully saturated rings. The summed E-state index contributed by atoms with van der Waals surface area (Å²) < 4.78 is 11.3. The van der Waals surface area contributed by atoms with Crippen LogP contribution < -0.4 is 0 Å². The monoisotopic (exact) mass is 614 g/mol. The lowest BCUT2D eigenvalue weighted by atomic mass is 9.83. The summed E-state index contributed by atoms with van der Waals surface area (Å²) in [5.41, 5.74) is 14.5. The molecule has 11 rings (SSSR count). The number of nitrogens with zero attached hydrogens (tertiary/aromatic N) is 2. The van der Waals surface area contributed by atoms with Crippen LogP contribution in [0.25, 0.3) is 88.1 Å². The van der Waals surface area contributed by atoms with Crippen molar-refractivity contribution >= 4 is 65.6 Å². The van der Waals surface area contributed by atoms with Gasteiger partial charge in [0.25, 0.3) is 0 Å². The Hall–Kier alpha value is -6.06. The molecule has 0 saturated carbocycles. The lowest BCUT2D eigenvalue weighted by molar-refractivity contribution is 0.669. The van der Waals surface area contributed by atoms with Gasteiger partial charge in [0.2, 0.25) is 0 Å². The van der Waals surface area contributed by atoms with Gasteiger partial charge in [0.15, 0.2) is 0 Å². The first-order valence-corrected chi connectivity index (χ1v) is 16.9. The highest BCUT2D eigenvalue weighted by Gasteiger charge is 2.29. The first-order chi connectivity index (χ1) is 23.8. The highest BCUT2D eigenvalue weighted by atomic mass is 16.3. The molecule has 4 heterocycles. The summed E-state index contributed by atoms with van der Waals surface area (Å²) in [6, 6.07) is 53.4. The van der Waals surface area contributed by atoms with E-state index in [1.807, 2.05) is 0 Å². The largest absolute Gasteiger partial charge is 0.456 e. The van der Waals surface area contributed by atoms with Gasteiger partial charge in [-0.3, -0.25) is 0 Å². The van der Waals surface area contributed by atoms with Crippen molar-refractivity contribution in [3.63, 3.8) is 0 Å². The van der Waals surface area contributed by atoms with Gasteiger partial charge in [-0.05, 0) is 95.4 Å². The molecule has 0 saturated heterocycles. The maximum atomic E-state index is 6.44. The Morgan fingerprint density at radius 1 is 0.479 bits per heavy atom. The van der Waals surface area contributed by atoms with Crippen LogP contribution in [0.1, 0.15) is 30.4 Å². The molecule has 3 aromatic heterocycles. The van der Waals surface area contributed by atoms with E-state index in [-0.39, 0.29) is 0 Å². The Bertz CT molecular complexity index is 2900. The molecular weight excluding hydrogens is 585 g/mol. The molecule has 0 radical (unpaired) electrons. The van der Waals surface area contributed by atoms with Crippen molar-refractivity contribution in [2.24, 2.45) is 0 Å². The molecule has 3 nitrogen and oxygen atoms in total. The van der Waals surface area contributed by atoms with Gasteiger partial charge in [0, 0.05) is 49.6 Å². The average Bonchev–Trinajstić information content (AvgIpc) is 3.79. The van der Waals surface area contributed by atoms with E-state index in [0.29, 0.717) is 5.92 Å². The van der Waals surface area contributed by atoms with Crippen LogP contribution >= 0.6 is 0 Å². The highest BCUT2D eigenvalue weighted by Crippen LogP contribution is 2.47. The predicted molar refractivity (Wildman–Crippen MR) is 200 cm³/mol. The van der Waals surface area contributed by atoms with Crippen molar-refractivity contribution in [3.8, 4) is 22.5 Å². The Balaban J connectivity index is 1.15. The first-order valence-electron chi connectivity index (χ1n) is 16.9. The summed E-state index contributed by atoms with van der Waals surface area (Å²) in [5, 5.41) is 7.41. The van der Waals surface area contributed by atoms with Gasteiger partial charge in [-0.1, -0.05) is 85.8 Å². The van der Waals surface area contributed by atoms with Crippen LogP contribution in [-0.4, -0.2) is 9.13 Å². The van der Waals surface area contributed by atoms with E-state index < -0.39 is 0 Å². The normalized spacial score (nSPS) is 14.2. The van der Waals surface area contributed by atoms with Gasteiger partial charge in [0.05, 0.1) is 22.1 Å². The van der Waals surface area contributed by atoms with Crippen LogP contribution in [0.15, 0.2) is 150 Å². The van der Waals surface area contributed by atoms with Gasteiger partial charge in [-0.15, -0.1) is 0 Å². The number of benzene rings is 7. The molecule has 1 aliphatic rings. The van der Waals surface area contributed by atoms with Crippen molar-refractivity contribution in [2.45, 2.75) is 19.3 Å². The number of rotatable bonds is 3. The molecule has 0 spiro atoms. The van der Waals surface area contributed by atoms with Gasteiger partial charge >= 0.3 is 0 Å². The number of hydrogen-bond acceptors (Lipinski definition) is 1. The van der Waals surface area contributed by atoms with Gasteiger partial charge in [0.1, 0.15) is 11.2 Å². The molecule has 0 aliphatic carbocycles. The lowest BCUT2D eigenvalue weighted by Gasteiger charge is -2.28. The zero-order valence-corrected chi connectivity index (χ0v) is 26.4. The lowest BCUT2D eigenvalue weighted by Crippen LogP contribution is -2.13. The standard InChI is InChI=1S/C45H30N2O/c1-2-30-31-11-3-9-17-41(31)47-42-18-10-6-14-34(42)38-25-28(24-37(30)45(38)47)27-19-21-43-35(23-27)36-26-29(20-22-44(36)48-43)46-39-15-7-4-12-32(39)33-13-5-8-16-40(33)46/h3-26,30H,2H2,1H3. The van der Waals surface area contributed by atoms with E-state index in [9.17, 15) is 0 Å². The Morgan fingerprint density at radius 2 is 1.06 bits per heavy atom. The Labute approximate surface area is 276 Å². The summed E-state index contributed by atoms with van der Waals surface area (Å²) in [5.74, 6) is 0.340. The minimum atomic E-state index is 0.340. The Kier molecular flexibility index (Phi) is 5.15. The van der Waals surface area contributed by atoms with Crippen LogP contribution in [0.2, 0.25) is 0 Å². The molecule has 3 heteroatoms. The zero-order valence-electron chi connectivity index (χ0n) is 26.4. The van der Waals surface area contributed by atoms with E-state index in [1.54, 1.807) is 0 Å². The van der Waals surface area contributed by atoms with Crippen LogP contribution in [-0.2, 0) is 0 Å². The third-order valence-corrected chi connectivity index (χ3v) is 10.8.